The van der Waals surface area contributed by atoms with Gasteiger partial charge in [-0.2, -0.15) is 13.2 Å². The Balaban J connectivity index is 2.58. The maximum atomic E-state index is 13.1. The molecule has 0 fully saturated rings. The van der Waals surface area contributed by atoms with E-state index in [4.69, 9.17) is 4.74 Å². The highest BCUT2D eigenvalue weighted by atomic mass is 19.4. The monoisotopic (exact) mass is 301 g/mol. The lowest BCUT2D eigenvalue weighted by molar-refractivity contribution is -0.137. The van der Waals surface area contributed by atoms with Gasteiger partial charge in [-0.05, 0) is 30.7 Å². The van der Waals surface area contributed by atoms with Gasteiger partial charge in [0, 0.05) is 11.8 Å². The third-order valence-corrected chi connectivity index (χ3v) is 2.80. The lowest BCUT2D eigenvalue weighted by Gasteiger charge is -2.13. The van der Waals surface area contributed by atoms with Gasteiger partial charge in [-0.1, -0.05) is 6.07 Å². The van der Waals surface area contributed by atoms with Crippen molar-refractivity contribution in [2.45, 2.75) is 13.1 Å². The smallest absolute Gasteiger partial charge is 0.417 e. The number of aromatic amines is 1. The molecule has 7 heteroatoms. The molecule has 0 aliphatic carbocycles. The van der Waals surface area contributed by atoms with Crippen molar-refractivity contribution in [1.29, 1.82) is 0 Å². The maximum Gasteiger partial charge on any atom is 0.417 e. The number of carbonyl (C=O) groups is 1. The lowest BCUT2D eigenvalue weighted by Crippen LogP contribution is -2.10. The van der Waals surface area contributed by atoms with Crippen molar-refractivity contribution in [1.82, 2.24) is 4.98 Å². The van der Waals surface area contributed by atoms with Crippen molar-refractivity contribution in [3.05, 3.63) is 47.5 Å². The van der Waals surface area contributed by atoms with Crippen molar-refractivity contribution < 1.29 is 27.1 Å². The van der Waals surface area contributed by atoms with Gasteiger partial charge in [0.25, 0.3) is 0 Å². The highest BCUT2D eigenvalue weighted by molar-refractivity contribution is 5.96. The second-order valence-electron chi connectivity index (χ2n) is 4.17. The Labute approximate surface area is 117 Å². The van der Waals surface area contributed by atoms with Crippen LogP contribution >= 0.6 is 0 Å². The summed E-state index contributed by atoms with van der Waals surface area (Å²) in [4.78, 5) is 14.3. The van der Waals surface area contributed by atoms with E-state index in [1.165, 1.54) is 12.3 Å². The molecular weight excluding hydrogens is 290 g/mol. The van der Waals surface area contributed by atoms with Gasteiger partial charge in [-0.25, -0.2) is 9.18 Å². The molecule has 1 N–H and O–H groups in total. The average molecular weight is 301 g/mol. The normalized spacial score (nSPS) is 11.5. The van der Waals surface area contributed by atoms with E-state index in [0.717, 1.165) is 12.1 Å². The molecule has 0 saturated heterocycles. The topological polar surface area (TPSA) is 42.1 Å². The van der Waals surface area contributed by atoms with E-state index in [9.17, 15) is 22.4 Å². The summed E-state index contributed by atoms with van der Waals surface area (Å²) in [6.45, 7) is 1.67. The van der Waals surface area contributed by atoms with Crippen LogP contribution in [0.25, 0.3) is 11.1 Å². The minimum atomic E-state index is -4.74. The van der Waals surface area contributed by atoms with Gasteiger partial charge >= 0.3 is 12.1 Å². The number of ether oxygens (including phenoxy) is 1. The number of hydrogen-bond donors (Lipinski definition) is 1. The van der Waals surface area contributed by atoms with Crippen molar-refractivity contribution in [3.8, 4) is 11.1 Å². The van der Waals surface area contributed by atoms with E-state index in [2.05, 4.69) is 4.98 Å². The number of H-pyrrole nitrogens is 1. The van der Waals surface area contributed by atoms with Gasteiger partial charge in [-0.3, -0.25) is 0 Å². The van der Waals surface area contributed by atoms with Crippen molar-refractivity contribution >= 4 is 5.97 Å². The highest BCUT2D eigenvalue weighted by Gasteiger charge is 2.35. The Morgan fingerprint density at radius 1 is 1.24 bits per heavy atom. The van der Waals surface area contributed by atoms with Crippen molar-refractivity contribution in [3.63, 3.8) is 0 Å². The quantitative estimate of drug-likeness (QED) is 0.687. The maximum absolute atomic E-state index is 13.1. The second-order valence-corrected chi connectivity index (χ2v) is 4.17. The number of alkyl halides is 3. The number of carbonyl (C=O) groups excluding carboxylic acids is 1. The summed E-state index contributed by atoms with van der Waals surface area (Å²) in [5.74, 6) is -1.77. The first-order valence-electron chi connectivity index (χ1n) is 6.06. The predicted molar refractivity (Wildman–Crippen MR) is 67.1 cm³/mol. The van der Waals surface area contributed by atoms with Crippen LogP contribution in [-0.2, 0) is 10.9 Å². The number of rotatable bonds is 3. The van der Waals surface area contributed by atoms with Gasteiger partial charge in [0.15, 0.2) is 0 Å². The summed E-state index contributed by atoms with van der Waals surface area (Å²) in [6, 6.07) is 3.61. The molecule has 2 rings (SSSR count). The minimum Gasteiger partial charge on any atom is -0.461 e. The molecule has 21 heavy (non-hydrogen) atoms. The molecule has 0 aliphatic heterocycles. The summed E-state index contributed by atoms with van der Waals surface area (Å²) in [7, 11) is 0. The molecule has 0 radical (unpaired) electrons. The van der Waals surface area contributed by atoms with Crippen LogP contribution < -0.4 is 0 Å². The first kappa shape index (κ1) is 15.1. The van der Waals surface area contributed by atoms with Crippen LogP contribution in [0.4, 0.5) is 17.6 Å². The number of hydrogen-bond acceptors (Lipinski definition) is 2. The van der Waals surface area contributed by atoms with Crippen LogP contribution in [0.1, 0.15) is 23.0 Å². The average Bonchev–Trinajstić information content (AvgIpc) is 2.87. The van der Waals surface area contributed by atoms with Crippen molar-refractivity contribution in [2.75, 3.05) is 6.61 Å². The number of nitrogens with one attached hydrogen (secondary N) is 1. The van der Waals surface area contributed by atoms with E-state index in [0.29, 0.717) is 6.07 Å². The lowest BCUT2D eigenvalue weighted by atomic mass is 9.99. The van der Waals surface area contributed by atoms with Crippen LogP contribution in [0.3, 0.4) is 0 Å². The van der Waals surface area contributed by atoms with Crippen molar-refractivity contribution in [2.24, 2.45) is 0 Å². The number of benzene rings is 1. The molecule has 3 nitrogen and oxygen atoms in total. The van der Waals surface area contributed by atoms with Crippen LogP contribution in [0.5, 0.6) is 0 Å². The predicted octanol–water partition coefficient (Wildman–Crippen LogP) is 4.02. The molecule has 1 aromatic heterocycles. The number of halogens is 4. The van der Waals surface area contributed by atoms with E-state index in [1.807, 2.05) is 0 Å². The van der Waals surface area contributed by atoms with E-state index in [-0.39, 0.29) is 23.4 Å². The van der Waals surface area contributed by atoms with Crippen LogP contribution in [0.2, 0.25) is 0 Å². The molecule has 112 valence electrons. The highest BCUT2D eigenvalue weighted by Crippen LogP contribution is 2.38. The van der Waals surface area contributed by atoms with Gasteiger partial charge < -0.3 is 9.72 Å². The molecule has 0 bridgehead atoms. The summed E-state index contributed by atoms with van der Waals surface area (Å²) in [6.07, 6.45) is -3.41. The third-order valence-electron chi connectivity index (χ3n) is 2.80. The van der Waals surface area contributed by atoms with Crippen LogP contribution in [0, 0.1) is 5.82 Å². The molecule has 1 heterocycles. The molecule has 0 atom stereocenters. The molecule has 1 aromatic carbocycles. The van der Waals surface area contributed by atoms with Gasteiger partial charge in [0.05, 0.1) is 12.2 Å². The zero-order valence-corrected chi connectivity index (χ0v) is 10.9. The molecule has 0 amide bonds. The fraction of sp³-hybridized carbons (Fsp3) is 0.214. The number of aromatic nitrogens is 1. The van der Waals surface area contributed by atoms with Gasteiger partial charge in [0.1, 0.15) is 11.5 Å². The Bertz CT molecular complexity index is 661. The second kappa shape index (κ2) is 5.59. The Morgan fingerprint density at radius 3 is 2.57 bits per heavy atom. The van der Waals surface area contributed by atoms with Gasteiger partial charge in [-0.15, -0.1) is 0 Å². The summed E-state index contributed by atoms with van der Waals surface area (Å²) < 4.78 is 56.9. The fourth-order valence-electron chi connectivity index (χ4n) is 1.95. The first-order chi connectivity index (χ1) is 9.84. The van der Waals surface area contributed by atoms with E-state index < -0.39 is 23.5 Å². The van der Waals surface area contributed by atoms with E-state index >= 15 is 0 Å². The molecule has 0 unspecified atom stereocenters. The molecule has 0 spiro atoms. The Hall–Kier alpha value is -2.31. The Morgan fingerprint density at radius 2 is 1.95 bits per heavy atom. The molecule has 2 aromatic rings. The zero-order chi connectivity index (χ0) is 15.6. The van der Waals surface area contributed by atoms with Gasteiger partial charge in [0.2, 0.25) is 0 Å². The largest absolute Gasteiger partial charge is 0.461 e. The van der Waals surface area contributed by atoms with E-state index in [1.54, 1.807) is 6.92 Å². The number of esters is 1. The minimum absolute atomic E-state index is 0.0146. The fourth-order valence-corrected chi connectivity index (χ4v) is 1.95. The van der Waals surface area contributed by atoms with Crippen LogP contribution in [-0.4, -0.2) is 17.6 Å². The first-order valence-corrected chi connectivity index (χ1v) is 6.06. The SMILES string of the molecule is CCOC(=O)c1[nH]ccc1-c1ccc(F)cc1C(F)(F)F. The summed E-state index contributed by atoms with van der Waals surface area (Å²) in [5.41, 5.74) is -1.52. The summed E-state index contributed by atoms with van der Waals surface area (Å²) >= 11 is 0. The standard InChI is InChI=1S/C14H11F4NO2/c1-2-21-13(20)12-10(5-6-19-12)9-4-3-8(15)7-11(9)14(16,17)18/h3-7,19H,2H2,1H3. The molecule has 0 aliphatic rings. The summed E-state index contributed by atoms with van der Waals surface area (Å²) in [5, 5.41) is 0. The van der Waals surface area contributed by atoms with Crippen LogP contribution in [0.15, 0.2) is 30.5 Å². The Kier molecular flexibility index (Phi) is 4.02. The molecular formula is C14H11F4NO2. The zero-order valence-electron chi connectivity index (χ0n) is 10.9. The molecule has 0 saturated carbocycles. The third kappa shape index (κ3) is 3.07.